The molecule has 0 fully saturated rings. The van der Waals surface area contributed by atoms with Crippen molar-refractivity contribution in [1.82, 2.24) is 5.32 Å². The van der Waals surface area contributed by atoms with E-state index < -0.39 is 12.2 Å². The molecular formula is C14H15ClN2O3. The number of nitrogens with one attached hydrogen (secondary N) is 1. The molecule has 1 aliphatic heterocycles. The SMILES string of the molecule is COC(=O)OC1=C(C)NC(C)=NC1c1ccccc1Cl. The van der Waals surface area contributed by atoms with Crippen LogP contribution in [0.2, 0.25) is 5.02 Å². The zero-order valence-corrected chi connectivity index (χ0v) is 12.2. The van der Waals surface area contributed by atoms with Crippen LogP contribution in [0.4, 0.5) is 4.79 Å². The summed E-state index contributed by atoms with van der Waals surface area (Å²) in [6.07, 6.45) is -0.784. The number of halogens is 1. The number of hydrogen-bond acceptors (Lipinski definition) is 5. The highest BCUT2D eigenvalue weighted by molar-refractivity contribution is 6.31. The van der Waals surface area contributed by atoms with E-state index in [0.717, 1.165) is 11.4 Å². The highest BCUT2D eigenvalue weighted by Gasteiger charge is 2.28. The van der Waals surface area contributed by atoms with Crippen LogP contribution >= 0.6 is 11.6 Å². The first-order chi connectivity index (χ1) is 9.52. The molecule has 0 aliphatic carbocycles. The molecule has 0 aromatic heterocycles. The quantitative estimate of drug-likeness (QED) is 0.849. The van der Waals surface area contributed by atoms with Gasteiger partial charge in [0, 0.05) is 10.6 Å². The summed E-state index contributed by atoms with van der Waals surface area (Å²) < 4.78 is 9.75. The van der Waals surface area contributed by atoms with Crippen LogP contribution in [-0.2, 0) is 9.47 Å². The second-order valence-electron chi connectivity index (χ2n) is 4.31. The number of carbonyl (C=O) groups excluding carboxylic acids is 1. The van der Waals surface area contributed by atoms with Gasteiger partial charge in [-0.25, -0.2) is 4.79 Å². The highest BCUT2D eigenvalue weighted by atomic mass is 35.5. The molecule has 5 nitrogen and oxygen atoms in total. The largest absolute Gasteiger partial charge is 0.513 e. The van der Waals surface area contributed by atoms with Gasteiger partial charge >= 0.3 is 6.16 Å². The van der Waals surface area contributed by atoms with Crippen LogP contribution in [0.15, 0.2) is 40.7 Å². The minimum Gasteiger partial charge on any atom is -0.437 e. The van der Waals surface area contributed by atoms with Gasteiger partial charge in [-0.3, -0.25) is 4.99 Å². The van der Waals surface area contributed by atoms with E-state index in [4.69, 9.17) is 16.3 Å². The fourth-order valence-electron chi connectivity index (χ4n) is 1.99. The average Bonchev–Trinajstić information content (AvgIpc) is 2.42. The van der Waals surface area contributed by atoms with Crippen molar-refractivity contribution < 1.29 is 14.3 Å². The molecule has 1 atom stereocenters. The van der Waals surface area contributed by atoms with Crippen molar-refractivity contribution in [3.05, 3.63) is 46.3 Å². The number of carbonyl (C=O) groups is 1. The van der Waals surface area contributed by atoms with Gasteiger partial charge in [0.15, 0.2) is 5.76 Å². The molecule has 1 unspecified atom stereocenters. The third-order valence-corrected chi connectivity index (χ3v) is 3.21. The number of allylic oxidation sites excluding steroid dienone is 1. The summed E-state index contributed by atoms with van der Waals surface area (Å²) in [4.78, 5) is 15.8. The topological polar surface area (TPSA) is 59.9 Å². The lowest BCUT2D eigenvalue weighted by Crippen LogP contribution is -2.28. The number of rotatable bonds is 2. The first kappa shape index (κ1) is 14.4. The lowest BCUT2D eigenvalue weighted by Gasteiger charge is -2.25. The maximum absolute atomic E-state index is 11.4. The van der Waals surface area contributed by atoms with E-state index in [9.17, 15) is 4.79 Å². The van der Waals surface area contributed by atoms with Crippen molar-refractivity contribution in [2.75, 3.05) is 7.11 Å². The van der Waals surface area contributed by atoms with Crippen LogP contribution in [0.1, 0.15) is 25.5 Å². The van der Waals surface area contributed by atoms with Gasteiger partial charge in [-0.05, 0) is 19.9 Å². The van der Waals surface area contributed by atoms with E-state index in [-0.39, 0.29) is 0 Å². The van der Waals surface area contributed by atoms with Crippen molar-refractivity contribution in [3.63, 3.8) is 0 Å². The Balaban J connectivity index is 2.43. The Morgan fingerprint density at radius 1 is 1.35 bits per heavy atom. The van der Waals surface area contributed by atoms with E-state index in [1.165, 1.54) is 7.11 Å². The highest BCUT2D eigenvalue weighted by Crippen LogP contribution is 2.35. The molecule has 1 aromatic carbocycles. The van der Waals surface area contributed by atoms with Gasteiger partial charge in [-0.2, -0.15) is 0 Å². The summed E-state index contributed by atoms with van der Waals surface area (Å²) in [5.41, 5.74) is 1.47. The van der Waals surface area contributed by atoms with Crippen molar-refractivity contribution in [2.24, 2.45) is 4.99 Å². The van der Waals surface area contributed by atoms with E-state index in [2.05, 4.69) is 15.0 Å². The lowest BCUT2D eigenvalue weighted by molar-refractivity contribution is 0.0913. The lowest BCUT2D eigenvalue weighted by atomic mass is 10.0. The number of ether oxygens (including phenoxy) is 2. The van der Waals surface area contributed by atoms with E-state index in [1.54, 1.807) is 13.0 Å². The summed E-state index contributed by atoms with van der Waals surface area (Å²) in [5.74, 6) is 1.11. The summed E-state index contributed by atoms with van der Waals surface area (Å²) in [6, 6.07) is 6.85. The fraction of sp³-hybridized carbons (Fsp3) is 0.286. The predicted molar refractivity (Wildman–Crippen MR) is 76.6 cm³/mol. The Morgan fingerprint density at radius 2 is 2.05 bits per heavy atom. The van der Waals surface area contributed by atoms with Gasteiger partial charge in [-0.15, -0.1) is 0 Å². The molecule has 2 rings (SSSR count). The minimum atomic E-state index is -0.784. The number of amidine groups is 1. The monoisotopic (exact) mass is 294 g/mol. The van der Waals surface area contributed by atoms with Crippen LogP contribution in [0, 0.1) is 0 Å². The summed E-state index contributed by atoms with van der Waals surface area (Å²) in [5, 5.41) is 3.60. The molecule has 1 aliphatic rings. The zero-order valence-electron chi connectivity index (χ0n) is 11.4. The molecular weight excluding hydrogens is 280 g/mol. The predicted octanol–water partition coefficient (Wildman–Crippen LogP) is 3.42. The average molecular weight is 295 g/mol. The van der Waals surface area contributed by atoms with Crippen molar-refractivity contribution in [2.45, 2.75) is 19.9 Å². The van der Waals surface area contributed by atoms with Crippen molar-refractivity contribution >= 4 is 23.6 Å². The number of benzene rings is 1. The second kappa shape index (κ2) is 5.96. The number of nitrogens with zero attached hydrogens (tertiary/aromatic N) is 1. The summed E-state index contributed by atoms with van der Waals surface area (Å²) in [6.45, 7) is 3.64. The molecule has 20 heavy (non-hydrogen) atoms. The number of hydrogen-bond donors (Lipinski definition) is 1. The zero-order chi connectivity index (χ0) is 14.7. The number of methoxy groups -OCH3 is 1. The first-order valence-corrected chi connectivity index (χ1v) is 6.43. The Morgan fingerprint density at radius 3 is 2.70 bits per heavy atom. The van der Waals surface area contributed by atoms with Crippen LogP contribution in [0.25, 0.3) is 0 Å². The smallest absolute Gasteiger partial charge is 0.437 e. The molecule has 1 N–H and O–H groups in total. The Labute approximate surface area is 122 Å². The molecule has 0 spiro atoms. The van der Waals surface area contributed by atoms with Gasteiger partial charge in [0.25, 0.3) is 0 Å². The van der Waals surface area contributed by atoms with Gasteiger partial charge in [0.2, 0.25) is 0 Å². The van der Waals surface area contributed by atoms with Crippen LogP contribution in [0.3, 0.4) is 0 Å². The molecule has 1 heterocycles. The fourth-order valence-corrected chi connectivity index (χ4v) is 2.23. The third-order valence-electron chi connectivity index (χ3n) is 2.87. The molecule has 106 valence electrons. The third kappa shape index (κ3) is 2.93. The molecule has 1 aromatic rings. The van der Waals surface area contributed by atoms with E-state index >= 15 is 0 Å². The Hall–Kier alpha value is -2.01. The van der Waals surface area contributed by atoms with Crippen molar-refractivity contribution in [3.8, 4) is 0 Å². The minimum absolute atomic E-state index is 0.385. The summed E-state index contributed by atoms with van der Waals surface area (Å²) in [7, 11) is 1.26. The van der Waals surface area contributed by atoms with Crippen LogP contribution in [0.5, 0.6) is 0 Å². The summed E-state index contributed by atoms with van der Waals surface area (Å²) >= 11 is 6.20. The molecule has 0 saturated heterocycles. The number of aliphatic imine (C=N–C) groups is 1. The molecule has 0 radical (unpaired) electrons. The molecule has 6 heteroatoms. The molecule has 0 bridgehead atoms. The van der Waals surface area contributed by atoms with Crippen molar-refractivity contribution in [1.29, 1.82) is 0 Å². The normalized spacial score (nSPS) is 18.2. The van der Waals surface area contributed by atoms with Gasteiger partial charge in [0.1, 0.15) is 6.04 Å². The van der Waals surface area contributed by atoms with Gasteiger partial charge in [-0.1, -0.05) is 29.8 Å². The molecule has 0 saturated carbocycles. The Bertz CT molecular complexity index is 596. The standard InChI is InChI=1S/C14H15ClN2O3/c1-8-13(20-14(18)19-3)12(17-9(2)16-8)10-6-4-5-7-11(10)15/h4-7,12H,1-3H3,(H,16,17). The van der Waals surface area contributed by atoms with Gasteiger partial charge < -0.3 is 14.8 Å². The van der Waals surface area contributed by atoms with E-state index in [0.29, 0.717) is 16.5 Å². The first-order valence-electron chi connectivity index (χ1n) is 6.05. The van der Waals surface area contributed by atoms with Crippen LogP contribution in [-0.4, -0.2) is 19.1 Å². The Kier molecular flexibility index (Phi) is 4.29. The molecule has 0 amide bonds. The van der Waals surface area contributed by atoms with E-state index in [1.807, 2.05) is 25.1 Å². The maximum Gasteiger partial charge on any atom is 0.513 e. The van der Waals surface area contributed by atoms with Gasteiger partial charge in [0.05, 0.1) is 18.6 Å². The maximum atomic E-state index is 11.4. The van der Waals surface area contributed by atoms with Crippen LogP contribution < -0.4 is 5.32 Å². The second-order valence-corrected chi connectivity index (χ2v) is 4.72.